The van der Waals surface area contributed by atoms with Crippen molar-refractivity contribution in [1.82, 2.24) is 34.5 Å². The molecule has 0 atom stereocenters. The summed E-state index contributed by atoms with van der Waals surface area (Å²) in [5.74, 6) is 3.82. The molecule has 274 valence electrons. The molecule has 4 aromatic heterocycles. The van der Waals surface area contributed by atoms with Crippen LogP contribution in [0.4, 0.5) is 0 Å². The molecule has 0 saturated carbocycles. The largest absolute Gasteiger partial charge is 0.308 e. The Morgan fingerprint density at radius 3 is 1.64 bits per heavy atom. The van der Waals surface area contributed by atoms with E-state index in [1.165, 1.54) is 20.2 Å². The smallest absolute Gasteiger partial charge is 0.166 e. The molecule has 0 N–H and O–H groups in total. The maximum Gasteiger partial charge on any atom is 0.166 e. The minimum atomic E-state index is 0.582. The molecular formula is C50H33N7S. The Kier molecular flexibility index (Phi) is 7.97. The first-order valence-electron chi connectivity index (χ1n) is 19.2. The quantitative estimate of drug-likeness (QED) is 0.168. The molecule has 0 aliphatic carbocycles. The van der Waals surface area contributed by atoms with Gasteiger partial charge in [-0.25, -0.2) is 29.9 Å². The van der Waals surface area contributed by atoms with Gasteiger partial charge in [0.05, 0.1) is 16.7 Å². The lowest BCUT2D eigenvalue weighted by Gasteiger charge is -2.16. The van der Waals surface area contributed by atoms with E-state index < -0.39 is 0 Å². The van der Waals surface area contributed by atoms with Crippen LogP contribution in [0.3, 0.4) is 0 Å². The van der Waals surface area contributed by atoms with Crippen molar-refractivity contribution < 1.29 is 0 Å². The second kappa shape index (κ2) is 13.7. The highest BCUT2D eigenvalue weighted by atomic mass is 32.1. The van der Waals surface area contributed by atoms with Crippen molar-refractivity contribution in [2.24, 2.45) is 0 Å². The molecule has 8 heteroatoms. The van der Waals surface area contributed by atoms with Gasteiger partial charge in [-0.3, -0.25) is 0 Å². The molecule has 4 heterocycles. The number of thiophene rings is 1. The van der Waals surface area contributed by atoms with E-state index in [0.29, 0.717) is 34.9 Å². The number of aromatic nitrogens is 7. The molecule has 58 heavy (non-hydrogen) atoms. The standard InChI is InChI=1S/C50H33N7S/c1-30-51-31(2)53-49(52-30)36-22-24-38-37-17-9-11-19-42(37)57(44(38)28-36)43-26-23-34(35-21-25-40-39-18-10-12-20-45(39)58-46(40)29-35)27-41(43)50-55-47(32-13-5-3-6-14-32)54-48(56-50)33-15-7-4-8-16-33/h3-29H,1-2H3. The zero-order valence-electron chi connectivity index (χ0n) is 31.6. The number of hydrogen-bond acceptors (Lipinski definition) is 7. The van der Waals surface area contributed by atoms with Crippen LogP contribution >= 0.6 is 11.3 Å². The molecule has 7 aromatic carbocycles. The number of nitrogens with zero attached hydrogens (tertiary/aromatic N) is 7. The van der Waals surface area contributed by atoms with Gasteiger partial charge in [0.2, 0.25) is 0 Å². The summed E-state index contributed by atoms with van der Waals surface area (Å²) in [6.45, 7) is 3.81. The SMILES string of the molecule is Cc1nc(C)nc(-c2ccc3c4ccccc4n(-c4ccc(-c5ccc6c(c5)sc5ccccc56)cc4-c4nc(-c5ccccc5)nc(-c5ccccc5)n4)c3c2)n1. The monoisotopic (exact) mass is 763 g/mol. The van der Waals surface area contributed by atoms with Crippen molar-refractivity contribution in [2.45, 2.75) is 13.8 Å². The Balaban J connectivity index is 1.20. The van der Waals surface area contributed by atoms with Gasteiger partial charge in [0.25, 0.3) is 0 Å². The summed E-state index contributed by atoms with van der Waals surface area (Å²) in [5.41, 5.74) is 8.86. The minimum absolute atomic E-state index is 0.582. The van der Waals surface area contributed by atoms with Crippen LogP contribution in [0.15, 0.2) is 164 Å². The Labute approximate surface area is 338 Å². The van der Waals surface area contributed by atoms with Gasteiger partial charge < -0.3 is 4.57 Å². The van der Waals surface area contributed by atoms with E-state index in [0.717, 1.165) is 60.9 Å². The molecule has 0 aliphatic heterocycles. The van der Waals surface area contributed by atoms with Crippen molar-refractivity contribution >= 4 is 53.3 Å². The highest BCUT2D eigenvalue weighted by Gasteiger charge is 2.21. The molecule has 11 aromatic rings. The van der Waals surface area contributed by atoms with Crippen LogP contribution in [0.2, 0.25) is 0 Å². The van der Waals surface area contributed by atoms with Crippen molar-refractivity contribution in [3.8, 4) is 62.4 Å². The average Bonchev–Trinajstić information content (AvgIpc) is 3.81. The van der Waals surface area contributed by atoms with E-state index in [2.05, 4.69) is 113 Å². The van der Waals surface area contributed by atoms with Gasteiger partial charge in [0, 0.05) is 53.2 Å². The molecule has 11 rings (SSSR count). The zero-order chi connectivity index (χ0) is 38.7. The molecule has 0 amide bonds. The third kappa shape index (κ3) is 5.81. The number of fused-ring (bicyclic) bond motifs is 6. The Morgan fingerprint density at radius 2 is 0.897 bits per heavy atom. The summed E-state index contributed by atoms with van der Waals surface area (Å²) in [6, 6.07) is 57.4. The Morgan fingerprint density at radius 1 is 0.362 bits per heavy atom. The second-order valence-electron chi connectivity index (χ2n) is 14.4. The number of hydrogen-bond donors (Lipinski definition) is 0. The molecule has 0 fully saturated rings. The summed E-state index contributed by atoms with van der Waals surface area (Å²) < 4.78 is 4.87. The van der Waals surface area contributed by atoms with Crippen LogP contribution < -0.4 is 0 Å². The van der Waals surface area contributed by atoms with Crippen LogP contribution in [-0.2, 0) is 0 Å². The molecule has 0 aliphatic rings. The third-order valence-corrected chi connectivity index (χ3v) is 11.8. The molecule has 7 nitrogen and oxygen atoms in total. The molecular weight excluding hydrogens is 731 g/mol. The predicted molar refractivity (Wildman–Crippen MR) is 237 cm³/mol. The molecule has 0 bridgehead atoms. The first-order chi connectivity index (χ1) is 28.5. The number of para-hydroxylation sites is 1. The number of aryl methyl sites for hydroxylation is 2. The van der Waals surface area contributed by atoms with Crippen LogP contribution in [0, 0.1) is 13.8 Å². The van der Waals surface area contributed by atoms with Gasteiger partial charge >= 0.3 is 0 Å². The Hall–Kier alpha value is -7.42. The molecule has 0 spiro atoms. The van der Waals surface area contributed by atoms with Gasteiger partial charge in [0.1, 0.15) is 11.6 Å². The lowest BCUT2D eigenvalue weighted by Crippen LogP contribution is -2.04. The normalized spacial score (nSPS) is 11.6. The van der Waals surface area contributed by atoms with Crippen molar-refractivity contribution in [1.29, 1.82) is 0 Å². The predicted octanol–water partition coefficient (Wildman–Crippen LogP) is 12.5. The number of benzene rings is 7. The van der Waals surface area contributed by atoms with Crippen LogP contribution in [0.25, 0.3) is 104 Å². The van der Waals surface area contributed by atoms with Crippen LogP contribution in [-0.4, -0.2) is 34.5 Å². The van der Waals surface area contributed by atoms with Gasteiger partial charge in [0.15, 0.2) is 23.3 Å². The lowest BCUT2D eigenvalue weighted by atomic mass is 9.99. The van der Waals surface area contributed by atoms with Gasteiger partial charge in [-0.05, 0) is 61.4 Å². The Bertz CT molecular complexity index is 3290. The van der Waals surface area contributed by atoms with E-state index in [-0.39, 0.29) is 0 Å². The topological polar surface area (TPSA) is 82.3 Å². The highest BCUT2D eigenvalue weighted by Crippen LogP contribution is 2.41. The van der Waals surface area contributed by atoms with E-state index >= 15 is 0 Å². The zero-order valence-corrected chi connectivity index (χ0v) is 32.4. The second-order valence-corrected chi connectivity index (χ2v) is 15.5. The number of rotatable bonds is 6. The van der Waals surface area contributed by atoms with Gasteiger partial charge in [-0.1, -0.05) is 127 Å². The van der Waals surface area contributed by atoms with Gasteiger partial charge in [-0.15, -0.1) is 11.3 Å². The van der Waals surface area contributed by atoms with E-state index in [9.17, 15) is 0 Å². The summed E-state index contributed by atoms with van der Waals surface area (Å²) in [7, 11) is 0. The van der Waals surface area contributed by atoms with Crippen LogP contribution in [0.5, 0.6) is 0 Å². The summed E-state index contributed by atoms with van der Waals surface area (Å²) in [4.78, 5) is 29.5. The molecule has 0 saturated heterocycles. The average molecular weight is 764 g/mol. The lowest BCUT2D eigenvalue weighted by molar-refractivity contribution is 0.928. The van der Waals surface area contributed by atoms with E-state index in [1.807, 2.05) is 85.8 Å². The summed E-state index contributed by atoms with van der Waals surface area (Å²) >= 11 is 1.82. The summed E-state index contributed by atoms with van der Waals surface area (Å²) in [5, 5.41) is 4.81. The van der Waals surface area contributed by atoms with Crippen molar-refractivity contribution in [3.63, 3.8) is 0 Å². The van der Waals surface area contributed by atoms with Crippen LogP contribution in [0.1, 0.15) is 11.6 Å². The van der Waals surface area contributed by atoms with E-state index in [1.54, 1.807) is 0 Å². The minimum Gasteiger partial charge on any atom is -0.308 e. The third-order valence-electron chi connectivity index (χ3n) is 10.7. The fourth-order valence-electron chi connectivity index (χ4n) is 8.04. The van der Waals surface area contributed by atoms with Crippen molar-refractivity contribution in [3.05, 3.63) is 175 Å². The fraction of sp³-hybridized carbons (Fsp3) is 0.0400. The van der Waals surface area contributed by atoms with E-state index in [4.69, 9.17) is 24.9 Å². The highest BCUT2D eigenvalue weighted by molar-refractivity contribution is 7.25. The molecule has 0 unspecified atom stereocenters. The molecule has 0 radical (unpaired) electrons. The first kappa shape index (κ1) is 33.9. The maximum absolute atomic E-state index is 5.27. The first-order valence-corrected chi connectivity index (χ1v) is 20.0. The fourth-order valence-corrected chi connectivity index (χ4v) is 9.18. The van der Waals surface area contributed by atoms with Gasteiger partial charge in [-0.2, -0.15) is 0 Å². The maximum atomic E-state index is 5.27. The van der Waals surface area contributed by atoms with Crippen molar-refractivity contribution in [2.75, 3.05) is 0 Å². The summed E-state index contributed by atoms with van der Waals surface area (Å²) in [6.07, 6.45) is 0.